The summed E-state index contributed by atoms with van der Waals surface area (Å²) in [6, 6.07) is 0. The van der Waals surface area contributed by atoms with Crippen LogP contribution in [0.1, 0.15) is 45.4 Å². The number of piperidine rings is 1. The number of aliphatic hydroxyl groups is 1. The highest BCUT2D eigenvalue weighted by molar-refractivity contribution is 5.96. The fourth-order valence-electron chi connectivity index (χ4n) is 4.99. The number of amides is 3. The topological polar surface area (TPSA) is 122 Å². The van der Waals surface area contributed by atoms with Crippen molar-refractivity contribution in [1.29, 1.82) is 0 Å². The Bertz CT molecular complexity index is 552. The molecule has 5 N–H and O–H groups in total. The van der Waals surface area contributed by atoms with Crippen molar-refractivity contribution in [2.24, 2.45) is 29.4 Å². The first-order valence-electron chi connectivity index (χ1n) is 8.95. The Labute approximate surface area is 141 Å². The van der Waals surface area contributed by atoms with E-state index in [4.69, 9.17) is 5.73 Å². The van der Waals surface area contributed by atoms with Crippen molar-refractivity contribution < 1.29 is 19.5 Å². The summed E-state index contributed by atoms with van der Waals surface area (Å²) in [5.41, 5.74) is 4.61. The van der Waals surface area contributed by atoms with Gasteiger partial charge in [0.05, 0.1) is 12.0 Å². The number of carbonyl (C=O) groups is 3. The molecule has 4 unspecified atom stereocenters. The molecule has 6 atom stereocenters. The second-order valence-corrected chi connectivity index (χ2v) is 7.61. The number of fused-ring (bicyclic) bond motifs is 1. The minimum Gasteiger partial charge on any atom is -0.392 e. The van der Waals surface area contributed by atoms with E-state index in [1.54, 1.807) is 0 Å². The van der Waals surface area contributed by atoms with E-state index in [0.29, 0.717) is 25.7 Å². The Morgan fingerprint density at radius 1 is 1.33 bits per heavy atom. The minimum absolute atomic E-state index is 0.0341. The molecule has 24 heavy (non-hydrogen) atoms. The molecule has 1 aliphatic carbocycles. The fourth-order valence-corrected chi connectivity index (χ4v) is 4.99. The molecule has 7 nitrogen and oxygen atoms in total. The lowest BCUT2D eigenvalue weighted by molar-refractivity contribution is -0.131. The molecule has 3 rings (SSSR count). The maximum absolute atomic E-state index is 12.3. The molecule has 0 spiro atoms. The highest BCUT2D eigenvalue weighted by atomic mass is 16.3. The average Bonchev–Trinajstić information content (AvgIpc) is 3.06. The van der Waals surface area contributed by atoms with E-state index in [1.807, 2.05) is 6.92 Å². The third-order valence-electron chi connectivity index (χ3n) is 6.37. The van der Waals surface area contributed by atoms with Crippen LogP contribution in [0.15, 0.2) is 0 Å². The highest BCUT2D eigenvalue weighted by Crippen LogP contribution is 2.48. The summed E-state index contributed by atoms with van der Waals surface area (Å²) < 4.78 is 0. The van der Waals surface area contributed by atoms with Gasteiger partial charge in [0.2, 0.25) is 17.7 Å². The fraction of sp³-hybridized carbons (Fsp3) is 0.824. The van der Waals surface area contributed by atoms with Crippen LogP contribution in [0.25, 0.3) is 0 Å². The molecule has 3 amide bonds. The van der Waals surface area contributed by atoms with Gasteiger partial charge in [-0.25, -0.2) is 0 Å². The molecule has 0 aromatic heterocycles. The lowest BCUT2D eigenvalue weighted by Crippen LogP contribution is -2.60. The quantitative estimate of drug-likeness (QED) is 0.549. The predicted octanol–water partition coefficient (Wildman–Crippen LogP) is -0.330. The largest absolute Gasteiger partial charge is 0.392 e. The summed E-state index contributed by atoms with van der Waals surface area (Å²) in [4.78, 5) is 36.5. The van der Waals surface area contributed by atoms with Crippen LogP contribution in [0.3, 0.4) is 0 Å². The Hall–Kier alpha value is -1.63. The molecule has 2 heterocycles. The molecule has 134 valence electrons. The molecule has 1 saturated carbocycles. The van der Waals surface area contributed by atoms with Gasteiger partial charge in [-0.15, -0.1) is 0 Å². The minimum atomic E-state index is -1.11. The Morgan fingerprint density at radius 2 is 2.08 bits per heavy atom. The van der Waals surface area contributed by atoms with Gasteiger partial charge >= 0.3 is 0 Å². The molecule has 0 aromatic rings. The first-order chi connectivity index (χ1) is 11.4. The average molecular weight is 337 g/mol. The lowest BCUT2D eigenvalue weighted by Gasteiger charge is -2.38. The van der Waals surface area contributed by atoms with Crippen molar-refractivity contribution in [2.45, 2.75) is 57.1 Å². The van der Waals surface area contributed by atoms with Crippen LogP contribution in [0.2, 0.25) is 0 Å². The molecule has 7 heteroatoms. The number of hydrogen-bond acceptors (Lipinski definition) is 4. The van der Waals surface area contributed by atoms with E-state index in [1.165, 1.54) is 0 Å². The van der Waals surface area contributed by atoms with E-state index in [2.05, 4.69) is 10.6 Å². The lowest BCUT2D eigenvalue weighted by atomic mass is 9.70. The number of nitrogens with one attached hydrogen (secondary N) is 2. The number of nitrogens with two attached hydrogens (primary N) is 1. The highest BCUT2D eigenvalue weighted by Gasteiger charge is 2.62. The summed E-state index contributed by atoms with van der Waals surface area (Å²) in [6.07, 6.45) is 3.58. The van der Waals surface area contributed by atoms with Gasteiger partial charge in [0.1, 0.15) is 5.54 Å². The van der Waals surface area contributed by atoms with Gasteiger partial charge in [-0.3, -0.25) is 14.4 Å². The number of primary amides is 1. The summed E-state index contributed by atoms with van der Waals surface area (Å²) in [7, 11) is 0. The molecule has 3 fully saturated rings. The van der Waals surface area contributed by atoms with E-state index in [-0.39, 0.29) is 29.6 Å². The van der Waals surface area contributed by atoms with Crippen molar-refractivity contribution in [3.05, 3.63) is 0 Å². The van der Waals surface area contributed by atoms with Crippen LogP contribution in [-0.2, 0) is 14.4 Å². The first kappa shape index (κ1) is 17.2. The zero-order valence-corrected chi connectivity index (χ0v) is 14.1. The Kier molecular flexibility index (Phi) is 4.55. The van der Waals surface area contributed by atoms with Crippen molar-refractivity contribution in [3.8, 4) is 0 Å². The summed E-state index contributed by atoms with van der Waals surface area (Å²) in [5.74, 6) is -1.73. The first-order valence-corrected chi connectivity index (χ1v) is 8.95. The van der Waals surface area contributed by atoms with E-state index in [9.17, 15) is 19.5 Å². The van der Waals surface area contributed by atoms with E-state index < -0.39 is 23.5 Å². The number of aliphatic hydroxyl groups excluding tert-OH is 1. The maximum Gasteiger partial charge on any atom is 0.243 e. The molecule has 2 aliphatic heterocycles. The van der Waals surface area contributed by atoms with Crippen LogP contribution in [0.5, 0.6) is 0 Å². The standard InChI is InChI=1S/C17H27N3O4/c1-9(4-5-10-3-2-8-19-14(10)22)17(16(18)24)11-6-7-12(21)13(11)15(23)20-17/h9-13,21H,2-8H2,1H3,(H2,18,24)(H,19,22)(H,20,23)/t9?,10-,11?,12?,13?,17+/m1/s1. The molecule has 3 aliphatic rings. The smallest absolute Gasteiger partial charge is 0.243 e. The third kappa shape index (κ3) is 2.59. The number of rotatable bonds is 5. The van der Waals surface area contributed by atoms with Crippen LogP contribution in [-0.4, -0.2) is 41.0 Å². The Morgan fingerprint density at radius 3 is 2.75 bits per heavy atom. The van der Waals surface area contributed by atoms with Crippen molar-refractivity contribution in [3.63, 3.8) is 0 Å². The zero-order chi connectivity index (χ0) is 17.5. The normalized spacial score (nSPS) is 39.9. The van der Waals surface area contributed by atoms with Gasteiger partial charge in [0.25, 0.3) is 0 Å². The zero-order valence-electron chi connectivity index (χ0n) is 14.1. The van der Waals surface area contributed by atoms with E-state index in [0.717, 1.165) is 19.4 Å². The van der Waals surface area contributed by atoms with Gasteiger partial charge in [-0.2, -0.15) is 0 Å². The van der Waals surface area contributed by atoms with Gasteiger partial charge in [0.15, 0.2) is 0 Å². The summed E-state index contributed by atoms with van der Waals surface area (Å²) in [5, 5.41) is 15.8. The van der Waals surface area contributed by atoms with Gasteiger partial charge in [0, 0.05) is 18.4 Å². The number of carbonyl (C=O) groups excluding carboxylic acids is 3. The van der Waals surface area contributed by atoms with Crippen molar-refractivity contribution in [1.82, 2.24) is 10.6 Å². The second kappa shape index (κ2) is 6.35. The maximum atomic E-state index is 12.3. The summed E-state index contributed by atoms with van der Waals surface area (Å²) >= 11 is 0. The van der Waals surface area contributed by atoms with Crippen LogP contribution in [0.4, 0.5) is 0 Å². The second-order valence-electron chi connectivity index (χ2n) is 7.61. The molecular weight excluding hydrogens is 310 g/mol. The third-order valence-corrected chi connectivity index (χ3v) is 6.37. The number of hydrogen-bond donors (Lipinski definition) is 4. The SMILES string of the molecule is CC(CC[C@H]1CCCNC1=O)[C@]1(C(N)=O)NC(=O)C2C(O)CCC21. The van der Waals surface area contributed by atoms with Gasteiger partial charge in [-0.05, 0) is 44.4 Å². The molecular formula is C17H27N3O4. The molecule has 0 bridgehead atoms. The van der Waals surface area contributed by atoms with Crippen molar-refractivity contribution >= 4 is 17.7 Å². The van der Waals surface area contributed by atoms with Crippen molar-refractivity contribution in [2.75, 3.05) is 6.54 Å². The molecule has 0 aromatic carbocycles. The molecule has 2 saturated heterocycles. The monoisotopic (exact) mass is 337 g/mol. The van der Waals surface area contributed by atoms with E-state index >= 15 is 0 Å². The Balaban J connectivity index is 1.75. The van der Waals surface area contributed by atoms with Gasteiger partial charge in [-0.1, -0.05) is 6.92 Å². The van der Waals surface area contributed by atoms with Crippen LogP contribution in [0, 0.1) is 23.7 Å². The van der Waals surface area contributed by atoms with Crippen LogP contribution < -0.4 is 16.4 Å². The summed E-state index contributed by atoms with van der Waals surface area (Å²) in [6.45, 7) is 2.65. The van der Waals surface area contributed by atoms with Gasteiger partial charge < -0.3 is 21.5 Å². The predicted molar refractivity (Wildman–Crippen MR) is 86.4 cm³/mol. The van der Waals surface area contributed by atoms with Crippen LogP contribution >= 0.6 is 0 Å². The molecule has 0 radical (unpaired) electrons.